The Bertz CT molecular complexity index is 488. The average Bonchev–Trinajstić information content (AvgIpc) is 2.84. The van der Waals surface area contributed by atoms with Gasteiger partial charge in [0.1, 0.15) is 0 Å². The molecule has 3 rings (SSSR count). The Labute approximate surface area is 128 Å². The average molecular weight is 288 g/mol. The summed E-state index contributed by atoms with van der Waals surface area (Å²) in [7, 11) is 6.64. The Morgan fingerprint density at radius 2 is 2.00 bits per heavy atom. The number of piperazine rings is 1. The second kappa shape index (κ2) is 6.34. The molecule has 0 spiro atoms. The van der Waals surface area contributed by atoms with Gasteiger partial charge in [-0.1, -0.05) is 12.1 Å². The van der Waals surface area contributed by atoms with Crippen molar-refractivity contribution in [1.29, 1.82) is 0 Å². The van der Waals surface area contributed by atoms with Crippen LogP contribution in [0.25, 0.3) is 0 Å². The highest BCUT2D eigenvalue weighted by Gasteiger charge is 2.21. The van der Waals surface area contributed by atoms with Crippen LogP contribution in [0.5, 0.6) is 0 Å². The maximum atomic E-state index is 3.64. The number of likely N-dealkylation sites (N-methyl/N-ethyl adjacent to an activating group) is 3. The molecule has 0 bridgehead atoms. The van der Waals surface area contributed by atoms with Gasteiger partial charge in [0.25, 0.3) is 0 Å². The van der Waals surface area contributed by atoms with Gasteiger partial charge in [0.2, 0.25) is 0 Å². The van der Waals surface area contributed by atoms with Crippen molar-refractivity contribution in [3.8, 4) is 0 Å². The molecule has 1 aromatic carbocycles. The summed E-state index contributed by atoms with van der Waals surface area (Å²) in [5.41, 5.74) is 4.33. The van der Waals surface area contributed by atoms with Crippen LogP contribution in [0.4, 0.5) is 5.69 Å². The highest BCUT2D eigenvalue weighted by molar-refractivity contribution is 5.58. The van der Waals surface area contributed by atoms with Gasteiger partial charge in [-0.25, -0.2) is 0 Å². The molecule has 1 fully saturated rings. The van der Waals surface area contributed by atoms with Crippen LogP contribution in [0, 0.1) is 0 Å². The van der Waals surface area contributed by atoms with Gasteiger partial charge in [-0.15, -0.1) is 0 Å². The SMILES string of the molecule is CN1CCN(C)C(CNCc2ccc3c(c2)CCN3C)C1. The van der Waals surface area contributed by atoms with E-state index < -0.39 is 0 Å². The molecule has 1 aromatic rings. The quantitative estimate of drug-likeness (QED) is 0.893. The van der Waals surface area contributed by atoms with Crippen LogP contribution in [0.15, 0.2) is 18.2 Å². The predicted octanol–water partition coefficient (Wildman–Crippen LogP) is 1.01. The third kappa shape index (κ3) is 3.39. The molecule has 1 saturated heterocycles. The molecule has 2 aliphatic heterocycles. The Balaban J connectivity index is 1.51. The Morgan fingerprint density at radius 3 is 2.86 bits per heavy atom. The van der Waals surface area contributed by atoms with Crippen molar-refractivity contribution in [2.75, 3.05) is 58.8 Å². The molecule has 116 valence electrons. The Morgan fingerprint density at radius 1 is 1.14 bits per heavy atom. The Kier molecular flexibility index (Phi) is 4.48. The summed E-state index contributed by atoms with van der Waals surface area (Å²) in [4.78, 5) is 7.25. The normalized spacial score (nSPS) is 23.6. The third-order valence-corrected chi connectivity index (χ3v) is 4.96. The van der Waals surface area contributed by atoms with Crippen molar-refractivity contribution >= 4 is 5.69 Å². The standard InChI is InChI=1S/C17H28N4/c1-19-8-9-20(2)16(13-19)12-18-11-14-4-5-17-15(10-14)6-7-21(17)3/h4-5,10,16,18H,6-9,11-13H2,1-3H3. The zero-order valence-corrected chi connectivity index (χ0v) is 13.6. The summed E-state index contributed by atoms with van der Waals surface area (Å²) in [6.07, 6.45) is 1.19. The zero-order valence-electron chi connectivity index (χ0n) is 13.6. The molecule has 21 heavy (non-hydrogen) atoms. The lowest BCUT2D eigenvalue weighted by molar-refractivity contribution is 0.113. The Hall–Kier alpha value is -1.10. The summed E-state index contributed by atoms with van der Waals surface area (Å²) in [6, 6.07) is 7.55. The number of benzene rings is 1. The molecule has 0 radical (unpaired) electrons. The molecule has 2 heterocycles. The summed E-state index contributed by atoms with van der Waals surface area (Å²) in [5.74, 6) is 0. The summed E-state index contributed by atoms with van der Waals surface area (Å²) in [5, 5.41) is 3.64. The van der Waals surface area contributed by atoms with Gasteiger partial charge in [0.15, 0.2) is 0 Å². The van der Waals surface area contributed by atoms with E-state index in [1.54, 1.807) is 0 Å². The smallest absolute Gasteiger partial charge is 0.0397 e. The van der Waals surface area contributed by atoms with E-state index in [1.165, 1.54) is 42.9 Å². The first-order valence-electron chi connectivity index (χ1n) is 8.06. The van der Waals surface area contributed by atoms with Gasteiger partial charge in [-0.05, 0) is 37.7 Å². The lowest BCUT2D eigenvalue weighted by Crippen LogP contribution is -2.53. The summed E-state index contributed by atoms with van der Waals surface area (Å²) in [6.45, 7) is 6.73. The van der Waals surface area contributed by atoms with Crippen LogP contribution >= 0.6 is 0 Å². The minimum Gasteiger partial charge on any atom is -0.374 e. The first-order chi connectivity index (χ1) is 10.1. The number of hydrogen-bond donors (Lipinski definition) is 1. The molecule has 2 aliphatic rings. The van der Waals surface area contributed by atoms with E-state index in [9.17, 15) is 0 Å². The van der Waals surface area contributed by atoms with E-state index in [1.807, 2.05) is 0 Å². The number of nitrogens with one attached hydrogen (secondary N) is 1. The zero-order chi connectivity index (χ0) is 14.8. The fourth-order valence-corrected chi connectivity index (χ4v) is 3.44. The van der Waals surface area contributed by atoms with Crippen molar-refractivity contribution in [1.82, 2.24) is 15.1 Å². The van der Waals surface area contributed by atoms with E-state index >= 15 is 0 Å². The fraction of sp³-hybridized carbons (Fsp3) is 0.647. The highest BCUT2D eigenvalue weighted by Crippen LogP contribution is 2.27. The van der Waals surface area contributed by atoms with Gasteiger partial charge in [-0.3, -0.25) is 4.90 Å². The molecule has 1 N–H and O–H groups in total. The van der Waals surface area contributed by atoms with Crippen molar-refractivity contribution in [2.24, 2.45) is 0 Å². The molecule has 0 aliphatic carbocycles. The van der Waals surface area contributed by atoms with Crippen molar-refractivity contribution < 1.29 is 0 Å². The molecule has 0 amide bonds. The van der Waals surface area contributed by atoms with Crippen LogP contribution in [0.1, 0.15) is 11.1 Å². The number of rotatable bonds is 4. The van der Waals surface area contributed by atoms with E-state index in [2.05, 4.69) is 59.4 Å². The van der Waals surface area contributed by atoms with Gasteiger partial charge in [0, 0.05) is 58.0 Å². The van der Waals surface area contributed by atoms with Crippen molar-refractivity contribution in [2.45, 2.75) is 19.0 Å². The van der Waals surface area contributed by atoms with Gasteiger partial charge in [-0.2, -0.15) is 0 Å². The second-order valence-electron chi connectivity index (χ2n) is 6.66. The minimum atomic E-state index is 0.629. The largest absolute Gasteiger partial charge is 0.374 e. The lowest BCUT2D eigenvalue weighted by atomic mass is 10.1. The van der Waals surface area contributed by atoms with E-state index in [-0.39, 0.29) is 0 Å². The maximum absolute atomic E-state index is 3.64. The molecule has 4 nitrogen and oxygen atoms in total. The fourth-order valence-electron chi connectivity index (χ4n) is 3.44. The molecular weight excluding hydrogens is 260 g/mol. The summed E-state index contributed by atoms with van der Waals surface area (Å²) < 4.78 is 0. The maximum Gasteiger partial charge on any atom is 0.0397 e. The molecule has 0 aromatic heterocycles. The first-order valence-corrected chi connectivity index (χ1v) is 8.06. The molecular formula is C17H28N4. The minimum absolute atomic E-state index is 0.629. The van der Waals surface area contributed by atoms with Gasteiger partial charge in [0.05, 0.1) is 0 Å². The predicted molar refractivity (Wildman–Crippen MR) is 89.0 cm³/mol. The van der Waals surface area contributed by atoms with Crippen molar-refractivity contribution in [3.05, 3.63) is 29.3 Å². The second-order valence-corrected chi connectivity index (χ2v) is 6.66. The lowest BCUT2D eigenvalue weighted by Gasteiger charge is -2.37. The third-order valence-electron chi connectivity index (χ3n) is 4.96. The molecule has 0 saturated carbocycles. The van der Waals surface area contributed by atoms with Crippen LogP contribution in [0.2, 0.25) is 0 Å². The number of fused-ring (bicyclic) bond motifs is 1. The molecule has 1 unspecified atom stereocenters. The number of hydrogen-bond acceptors (Lipinski definition) is 4. The number of anilines is 1. The van der Waals surface area contributed by atoms with Gasteiger partial charge >= 0.3 is 0 Å². The monoisotopic (exact) mass is 288 g/mol. The summed E-state index contributed by atoms with van der Waals surface area (Å²) >= 11 is 0. The van der Waals surface area contributed by atoms with Crippen LogP contribution in [-0.2, 0) is 13.0 Å². The van der Waals surface area contributed by atoms with Crippen LogP contribution in [-0.4, -0.2) is 69.7 Å². The van der Waals surface area contributed by atoms with Crippen LogP contribution in [0.3, 0.4) is 0 Å². The molecule has 4 heteroatoms. The first kappa shape index (κ1) is 14.8. The topological polar surface area (TPSA) is 21.8 Å². The van der Waals surface area contributed by atoms with E-state index in [0.29, 0.717) is 6.04 Å². The van der Waals surface area contributed by atoms with Gasteiger partial charge < -0.3 is 15.1 Å². The van der Waals surface area contributed by atoms with Crippen molar-refractivity contribution in [3.63, 3.8) is 0 Å². The molecule has 1 atom stereocenters. The van der Waals surface area contributed by atoms with E-state index in [4.69, 9.17) is 0 Å². The highest BCUT2D eigenvalue weighted by atomic mass is 15.3. The van der Waals surface area contributed by atoms with E-state index in [0.717, 1.165) is 19.6 Å². The number of nitrogens with zero attached hydrogens (tertiary/aromatic N) is 3. The van der Waals surface area contributed by atoms with Crippen LogP contribution < -0.4 is 10.2 Å².